The van der Waals surface area contributed by atoms with Crippen molar-refractivity contribution in [3.8, 4) is 0 Å². The molecular weight excluding hydrogens is 315 g/mol. The van der Waals surface area contributed by atoms with E-state index in [1.807, 2.05) is 0 Å². The molecule has 2 rings (SSSR count). The maximum atomic E-state index is 12.5. The largest absolute Gasteiger partial charge is 0.416 e. The molecule has 0 radical (unpaired) electrons. The first kappa shape index (κ1) is 13.6. The Kier molecular flexibility index (Phi) is 3.57. The molecule has 0 saturated carbocycles. The number of halogens is 4. The van der Waals surface area contributed by atoms with Gasteiger partial charge in [-0.05, 0) is 34.1 Å². The van der Waals surface area contributed by atoms with Gasteiger partial charge >= 0.3 is 6.18 Å². The van der Waals surface area contributed by atoms with E-state index in [2.05, 4.69) is 15.9 Å². The summed E-state index contributed by atoms with van der Waals surface area (Å²) in [7, 11) is 0. The maximum Gasteiger partial charge on any atom is 0.416 e. The van der Waals surface area contributed by atoms with Gasteiger partial charge in [0.15, 0.2) is 0 Å². The molecule has 18 heavy (non-hydrogen) atoms. The highest BCUT2D eigenvalue weighted by Crippen LogP contribution is 2.36. The lowest BCUT2D eigenvalue weighted by atomic mass is 10.2. The van der Waals surface area contributed by atoms with Gasteiger partial charge < -0.3 is 15.1 Å². The number of anilines is 1. The molecule has 0 bridgehead atoms. The van der Waals surface area contributed by atoms with Gasteiger partial charge in [0.2, 0.25) is 0 Å². The zero-order valence-corrected chi connectivity index (χ0v) is 10.7. The van der Waals surface area contributed by atoms with Crippen LogP contribution in [-0.4, -0.2) is 35.5 Å². The fourth-order valence-electron chi connectivity index (χ4n) is 1.91. The molecule has 0 amide bonds. The Morgan fingerprint density at radius 2 is 1.72 bits per heavy atom. The lowest BCUT2D eigenvalue weighted by Crippen LogP contribution is -2.22. The summed E-state index contributed by atoms with van der Waals surface area (Å²) in [4.78, 5) is 1.64. The fraction of sp³-hybridized carbons (Fsp3) is 0.455. The van der Waals surface area contributed by atoms with Gasteiger partial charge in [-0.25, -0.2) is 0 Å². The second-order valence-corrected chi connectivity index (χ2v) is 5.06. The van der Waals surface area contributed by atoms with E-state index in [0.717, 1.165) is 12.1 Å². The quantitative estimate of drug-likeness (QED) is 0.830. The molecule has 3 nitrogen and oxygen atoms in total. The molecule has 1 aromatic rings. The third kappa shape index (κ3) is 2.62. The van der Waals surface area contributed by atoms with Crippen LogP contribution in [-0.2, 0) is 6.18 Å². The van der Waals surface area contributed by atoms with E-state index < -0.39 is 23.9 Å². The van der Waals surface area contributed by atoms with Crippen LogP contribution >= 0.6 is 15.9 Å². The summed E-state index contributed by atoms with van der Waals surface area (Å²) < 4.78 is 37.7. The van der Waals surface area contributed by atoms with Crippen molar-refractivity contribution in [1.82, 2.24) is 0 Å². The van der Waals surface area contributed by atoms with E-state index in [1.54, 1.807) is 4.90 Å². The molecule has 2 atom stereocenters. The number of β-amino-alcohol motifs (C(OH)–C–C–N with tert-alkyl or cyclic N) is 2. The average Bonchev–Trinajstić information content (AvgIpc) is 2.57. The minimum absolute atomic E-state index is 0.200. The lowest BCUT2D eigenvalue weighted by molar-refractivity contribution is -0.137. The smallest absolute Gasteiger partial charge is 0.389 e. The summed E-state index contributed by atoms with van der Waals surface area (Å²) in [6, 6.07) is 3.31. The fourth-order valence-corrected chi connectivity index (χ4v) is 2.54. The van der Waals surface area contributed by atoms with Gasteiger partial charge in [-0.2, -0.15) is 13.2 Å². The monoisotopic (exact) mass is 325 g/mol. The van der Waals surface area contributed by atoms with Crippen molar-refractivity contribution in [3.05, 3.63) is 28.2 Å². The molecular formula is C11H11BrF3NO2. The minimum atomic E-state index is -4.38. The number of hydrogen-bond acceptors (Lipinski definition) is 3. The van der Waals surface area contributed by atoms with E-state index >= 15 is 0 Å². The number of benzene rings is 1. The minimum Gasteiger partial charge on any atom is -0.389 e. The number of aliphatic hydroxyl groups excluding tert-OH is 2. The highest BCUT2D eigenvalue weighted by molar-refractivity contribution is 9.10. The van der Waals surface area contributed by atoms with Crippen molar-refractivity contribution in [2.24, 2.45) is 0 Å². The molecule has 0 spiro atoms. The van der Waals surface area contributed by atoms with Crippen molar-refractivity contribution >= 4 is 21.6 Å². The molecule has 2 unspecified atom stereocenters. The first-order valence-electron chi connectivity index (χ1n) is 5.27. The summed E-state index contributed by atoms with van der Waals surface area (Å²) >= 11 is 3.08. The molecule has 0 aromatic heterocycles. The number of hydrogen-bond donors (Lipinski definition) is 2. The van der Waals surface area contributed by atoms with Gasteiger partial charge in [0.1, 0.15) is 0 Å². The van der Waals surface area contributed by atoms with Gasteiger partial charge in [-0.3, -0.25) is 0 Å². The summed E-state index contributed by atoms with van der Waals surface area (Å²) in [5.41, 5.74) is -0.211. The average molecular weight is 326 g/mol. The molecule has 1 heterocycles. The Morgan fingerprint density at radius 1 is 1.17 bits per heavy atom. The normalized spacial score (nSPS) is 24.7. The van der Waals surface area contributed by atoms with Gasteiger partial charge in [-0.1, -0.05) is 0 Å². The molecule has 1 fully saturated rings. The third-order valence-electron chi connectivity index (χ3n) is 2.87. The molecule has 1 aliphatic rings. The van der Waals surface area contributed by atoms with Crippen molar-refractivity contribution in [3.63, 3.8) is 0 Å². The topological polar surface area (TPSA) is 43.7 Å². The third-order valence-corrected chi connectivity index (χ3v) is 3.51. The number of rotatable bonds is 1. The van der Waals surface area contributed by atoms with Gasteiger partial charge in [0.25, 0.3) is 0 Å². The molecule has 1 aliphatic heterocycles. The predicted octanol–water partition coefficient (Wildman–Crippen LogP) is 2.01. The SMILES string of the molecule is OC1CN(c2ccc(C(F)(F)F)cc2Br)CC1O. The lowest BCUT2D eigenvalue weighted by Gasteiger charge is -2.20. The molecule has 2 N–H and O–H groups in total. The highest BCUT2D eigenvalue weighted by atomic mass is 79.9. The van der Waals surface area contributed by atoms with Crippen LogP contribution < -0.4 is 4.90 Å². The van der Waals surface area contributed by atoms with Crippen LogP contribution in [0.3, 0.4) is 0 Å². The van der Waals surface area contributed by atoms with E-state index in [-0.39, 0.29) is 13.1 Å². The second kappa shape index (κ2) is 4.71. The van der Waals surface area contributed by atoms with E-state index in [4.69, 9.17) is 0 Å². The summed E-state index contributed by atoms with van der Waals surface area (Å²) in [6.45, 7) is 0.399. The Labute approximate surface area is 110 Å². The Hall–Kier alpha value is -0.790. The van der Waals surface area contributed by atoms with Crippen LogP contribution in [0.4, 0.5) is 18.9 Å². The van der Waals surface area contributed by atoms with Crippen molar-refractivity contribution < 1.29 is 23.4 Å². The van der Waals surface area contributed by atoms with Gasteiger partial charge in [0.05, 0.1) is 23.5 Å². The molecule has 100 valence electrons. The molecule has 1 saturated heterocycles. The zero-order valence-electron chi connectivity index (χ0n) is 9.15. The van der Waals surface area contributed by atoms with Crippen LogP contribution in [0.25, 0.3) is 0 Å². The standard InChI is InChI=1S/C11H11BrF3NO2/c12-7-3-6(11(13,14)15)1-2-8(7)16-4-9(17)10(18)5-16/h1-3,9-10,17-18H,4-5H2. The summed E-state index contributed by atoms with van der Waals surface area (Å²) in [5, 5.41) is 18.8. The van der Waals surface area contributed by atoms with E-state index in [1.165, 1.54) is 6.07 Å². The second-order valence-electron chi connectivity index (χ2n) is 4.20. The van der Waals surface area contributed by atoms with Crippen LogP contribution in [0.1, 0.15) is 5.56 Å². The maximum absolute atomic E-state index is 12.5. The van der Waals surface area contributed by atoms with Crippen LogP contribution in [0.15, 0.2) is 22.7 Å². The number of aliphatic hydroxyl groups is 2. The zero-order chi connectivity index (χ0) is 13.5. The highest BCUT2D eigenvalue weighted by Gasteiger charge is 2.33. The van der Waals surface area contributed by atoms with Gasteiger partial charge in [0, 0.05) is 17.6 Å². The van der Waals surface area contributed by atoms with Crippen molar-refractivity contribution in [1.29, 1.82) is 0 Å². The van der Waals surface area contributed by atoms with E-state index in [9.17, 15) is 23.4 Å². The van der Waals surface area contributed by atoms with Crippen LogP contribution in [0.5, 0.6) is 0 Å². The summed E-state index contributed by atoms with van der Waals surface area (Å²) in [6.07, 6.45) is -6.14. The van der Waals surface area contributed by atoms with Crippen LogP contribution in [0, 0.1) is 0 Å². The summed E-state index contributed by atoms with van der Waals surface area (Å²) in [5.74, 6) is 0. The number of alkyl halides is 3. The molecule has 0 aliphatic carbocycles. The molecule has 1 aromatic carbocycles. The Balaban J connectivity index is 2.26. The van der Waals surface area contributed by atoms with E-state index in [0.29, 0.717) is 10.2 Å². The first-order valence-corrected chi connectivity index (χ1v) is 6.06. The van der Waals surface area contributed by atoms with Crippen molar-refractivity contribution in [2.75, 3.05) is 18.0 Å². The molecule has 7 heteroatoms. The van der Waals surface area contributed by atoms with Crippen molar-refractivity contribution in [2.45, 2.75) is 18.4 Å². The Bertz CT molecular complexity index is 442. The first-order chi connectivity index (χ1) is 8.29. The van der Waals surface area contributed by atoms with Crippen LogP contribution in [0.2, 0.25) is 0 Å². The predicted molar refractivity (Wildman–Crippen MR) is 63.4 cm³/mol. The number of nitrogens with zero attached hydrogens (tertiary/aromatic N) is 1. The van der Waals surface area contributed by atoms with Gasteiger partial charge in [-0.15, -0.1) is 0 Å². The Morgan fingerprint density at radius 3 is 2.17 bits per heavy atom.